The number of carbonyl (C=O) groups is 2. The number of carbonyl (C=O) groups excluding carboxylic acids is 2. The number of hydrogen-bond donors (Lipinski definition) is 2. The zero-order chi connectivity index (χ0) is 33.3. The van der Waals surface area contributed by atoms with E-state index in [-0.39, 0.29) is 19.4 Å². The van der Waals surface area contributed by atoms with E-state index in [4.69, 9.17) is 19.3 Å². The van der Waals surface area contributed by atoms with E-state index in [9.17, 15) is 14.2 Å². The van der Waals surface area contributed by atoms with Gasteiger partial charge in [-0.3, -0.25) is 14.1 Å². The lowest BCUT2D eigenvalue weighted by Gasteiger charge is -2.18. The van der Waals surface area contributed by atoms with Gasteiger partial charge in [-0.25, -0.2) is 4.57 Å². The molecule has 0 aromatic heterocycles. The Balaban J connectivity index is 4.04. The first-order valence-electron chi connectivity index (χ1n) is 17.8. The Labute approximate surface area is 274 Å². The molecule has 0 amide bonds. The van der Waals surface area contributed by atoms with Crippen LogP contribution in [0.15, 0.2) is 36.5 Å². The molecule has 0 rings (SSSR count). The highest BCUT2D eigenvalue weighted by atomic mass is 31.2. The molecule has 0 unspecified atom stereocenters. The number of hydrogen-bond acceptors (Lipinski definition) is 6. The van der Waals surface area contributed by atoms with Crippen molar-refractivity contribution in [2.75, 3.05) is 13.2 Å². The molecule has 8 nitrogen and oxygen atoms in total. The zero-order valence-corrected chi connectivity index (χ0v) is 29.4. The number of allylic oxidation sites excluding steroid dienone is 6. The van der Waals surface area contributed by atoms with Crippen LogP contribution in [0.4, 0.5) is 0 Å². The maximum atomic E-state index is 12.3. The predicted octanol–water partition coefficient (Wildman–Crippen LogP) is 10.2. The minimum Gasteiger partial charge on any atom is -0.462 e. The number of esters is 2. The number of rotatable bonds is 32. The van der Waals surface area contributed by atoms with E-state index in [0.717, 1.165) is 77.0 Å². The average Bonchev–Trinajstić information content (AvgIpc) is 3.00. The van der Waals surface area contributed by atoms with Crippen LogP contribution in [0.3, 0.4) is 0 Å². The molecular weight excluding hydrogens is 591 g/mol. The van der Waals surface area contributed by atoms with E-state index in [1.807, 2.05) is 0 Å². The standard InChI is InChI=1S/C36H65O8P/c1-3-5-7-9-11-13-15-17-18-19-21-23-25-27-29-31-36(38)44-34(33-43-45(39,40)41)32-42-35(37)30-28-26-24-22-20-16-14-12-10-8-6-4-2/h12-15,17-18,34H,3-11,16,19-33H2,1-2H3,(H2,39,40,41)/b14-12+,15-13+,18-17+/t34-/m1/s1. The van der Waals surface area contributed by atoms with Gasteiger partial charge in [-0.05, 0) is 64.2 Å². The van der Waals surface area contributed by atoms with Gasteiger partial charge < -0.3 is 19.3 Å². The first-order valence-corrected chi connectivity index (χ1v) is 19.3. The van der Waals surface area contributed by atoms with Gasteiger partial charge in [0.25, 0.3) is 0 Å². The summed E-state index contributed by atoms with van der Waals surface area (Å²) in [5, 5.41) is 0. The lowest BCUT2D eigenvalue weighted by molar-refractivity contribution is -0.161. The van der Waals surface area contributed by atoms with Gasteiger partial charge in [-0.2, -0.15) is 0 Å². The van der Waals surface area contributed by atoms with Crippen molar-refractivity contribution in [3.63, 3.8) is 0 Å². The second-order valence-electron chi connectivity index (χ2n) is 11.9. The summed E-state index contributed by atoms with van der Waals surface area (Å²) in [5.41, 5.74) is 0. The van der Waals surface area contributed by atoms with Gasteiger partial charge in [0.1, 0.15) is 6.61 Å². The Kier molecular flexibility index (Phi) is 31.0. The van der Waals surface area contributed by atoms with Crippen LogP contribution in [0, 0.1) is 0 Å². The quantitative estimate of drug-likeness (QED) is 0.0241. The van der Waals surface area contributed by atoms with Gasteiger partial charge in [0, 0.05) is 12.8 Å². The summed E-state index contributed by atoms with van der Waals surface area (Å²) >= 11 is 0. The van der Waals surface area contributed by atoms with E-state index in [2.05, 4.69) is 54.8 Å². The highest BCUT2D eigenvalue weighted by Gasteiger charge is 2.22. The molecule has 9 heteroatoms. The minimum absolute atomic E-state index is 0.192. The molecule has 0 aliphatic rings. The summed E-state index contributed by atoms with van der Waals surface area (Å²) in [6.45, 7) is 3.60. The Morgan fingerprint density at radius 1 is 0.578 bits per heavy atom. The predicted molar refractivity (Wildman–Crippen MR) is 184 cm³/mol. The van der Waals surface area contributed by atoms with Crippen molar-refractivity contribution in [2.24, 2.45) is 0 Å². The Morgan fingerprint density at radius 3 is 1.53 bits per heavy atom. The van der Waals surface area contributed by atoms with Crippen molar-refractivity contribution in [1.82, 2.24) is 0 Å². The molecule has 0 fully saturated rings. The number of phosphoric ester groups is 1. The van der Waals surface area contributed by atoms with Crippen LogP contribution in [0.25, 0.3) is 0 Å². The molecule has 45 heavy (non-hydrogen) atoms. The Bertz CT molecular complexity index is 833. The van der Waals surface area contributed by atoms with Crippen molar-refractivity contribution in [3.8, 4) is 0 Å². The summed E-state index contributed by atoms with van der Waals surface area (Å²) in [6.07, 6.45) is 35.8. The average molecular weight is 657 g/mol. The molecule has 1 atom stereocenters. The lowest BCUT2D eigenvalue weighted by atomic mass is 10.1. The van der Waals surface area contributed by atoms with E-state index in [1.165, 1.54) is 44.9 Å². The SMILES string of the molecule is CCCCC/C=C/CCCCCCCC(=O)OC[C@H](COP(=O)(O)O)OC(=O)CCCCCCC/C=C/C=C/CCCCCC. The molecule has 0 aliphatic heterocycles. The van der Waals surface area contributed by atoms with E-state index < -0.39 is 32.5 Å². The summed E-state index contributed by atoms with van der Waals surface area (Å²) in [7, 11) is -4.75. The topological polar surface area (TPSA) is 119 Å². The molecule has 0 heterocycles. The molecule has 0 saturated carbocycles. The van der Waals surface area contributed by atoms with Gasteiger partial charge in [0.15, 0.2) is 6.10 Å². The van der Waals surface area contributed by atoms with Crippen molar-refractivity contribution < 1.29 is 37.9 Å². The molecule has 0 aliphatic carbocycles. The van der Waals surface area contributed by atoms with Gasteiger partial charge in [0.2, 0.25) is 0 Å². The van der Waals surface area contributed by atoms with Crippen molar-refractivity contribution in [1.29, 1.82) is 0 Å². The second kappa shape index (κ2) is 32.2. The monoisotopic (exact) mass is 656 g/mol. The van der Waals surface area contributed by atoms with Gasteiger partial charge in [-0.1, -0.05) is 121 Å². The maximum absolute atomic E-state index is 12.3. The molecule has 0 saturated heterocycles. The number of ether oxygens (including phenoxy) is 2. The molecule has 262 valence electrons. The summed E-state index contributed by atoms with van der Waals surface area (Å²) in [5.74, 6) is -0.916. The largest absolute Gasteiger partial charge is 0.469 e. The summed E-state index contributed by atoms with van der Waals surface area (Å²) in [4.78, 5) is 42.6. The van der Waals surface area contributed by atoms with Crippen molar-refractivity contribution in [2.45, 2.75) is 168 Å². The third-order valence-electron chi connectivity index (χ3n) is 7.41. The fourth-order valence-electron chi connectivity index (χ4n) is 4.71. The number of phosphoric acid groups is 1. The second-order valence-corrected chi connectivity index (χ2v) is 13.1. The fourth-order valence-corrected chi connectivity index (χ4v) is 5.07. The molecule has 0 spiro atoms. The zero-order valence-electron chi connectivity index (χ0n) is 28.5. The van der Waals surface area contributed by atoms with Gasteiger partial charge in [-0.15, -0.1) is 0 Å². The minimum atomic E-state index is -4.75. The van der Waals surface area contributed by atoms with Crippen LogP contribution in [0.5, 0.6) is 0 Å². The smallest absolute Gasteiger partial charge is 0.462 e. The third kappa shape index (κ3) is 35.0. The highest BCUT2D eigenvalue weighted by Crippen LogP contribution is 2.35. The highest BCUT2D eigenvalue weighted by molar-refractivity contribution is 7.46. The van der Waals surface area contributed by atoms with Crippen LogP contribution in [-0.4, -0.2) is 41.0 Å². The van der Waals surface area contributed by atoms with Crippen molar-refractivity contribution >= 4 is 19.8 Å². The van der Waals surface area contributed by atoms with Crippen LogP contribution in [0.1, 0.15) is 162 Å². The molecular formula is C36H65O8P. The first kappa shape index (κ1) is 43.3. The third-order valence-corrected chi connectivity index (χ3v) is 7.89. The van der Waals surface area contributed by atoms with Crippen LogP contribution < -0.4 is 0 Å². The fraction of sp³-hybridized carbons (Fsp3) is 0.778. The number of unbranched alkanes of at least 4 members (excludes halogenated alkanes) is 17. The molecule has 0 bridgehead atoms. The normalized spacial score (nSPS) is 12.9. The van der Waals surface area contributed by atoms with E-state index in [1.54, 1.807) is 0 Å². The van der Waals surface area contributed by atoms with Gasteiger partial charge in [0.05, 0.1) is 6.61 Å². The maximum Gasteiger partial charge on any atom is 0.469 e. The summed E-state index contributed by atoms with van der Waals surface area (Å²) in [6, 6.07) is 0. The van der Waals surface area contributed by atoms with Crippen molar-refractivity contribution in [3.05, 3.63) is 36.5 Å². The molecule has 0 radical (unpaired) electrons. The Hall–Kier alpha value is -1.73. The molecule has 2 N–H and O–H groups in total. The van der Waals surface area contributed by atoms with E-state index in [0.29, 0.717) is 12.8 Å². The molecule has 0 aromatic rings. The first-order chi connectivity index (χ1) is 21.8. The van der Waals surface area contributed by atoms with Crippen LogP contribution in [0.2, 0.25) is 0 Å². The lowest BCUT2D eigenvalue weighted by Crippen LogP contribution is -2.29. The Morgan fingerprint density at radius 2 is 1.00 bits per heavy atom. The van der Waals surface area contributed by atoms with Crippen LogP contribution >= 0.6 is 7.82 Å². The van der Waals surface area contributed by atoms with E-state index >= 15 is 0 Å². The van der Waals surface area contributed by atoms with Crippen LogP contribution in [-0.2, 0) is 28.2 Å². The van der Waals surface area contributed by atoms with Gasteiger partial charge >= 0.3 is 19.8 Å². The summed E-state index contributed by atoms with van der Waals surface area (Å²) < 4.78 is 26.2. The molecule has 0 aromatic carbocycles.